The minimum Gasteiger partial charge on any atom is -0.359 e. The summed E-state index contributed by atoms with van der Waals surface area (Å²) in [5.74, 6) is -0.886. The van der Waals surface area contributed by atoms with Crippen LogP contribution in [0.3, 0.4) is 0 Å². The van der Waals surface area contributed by atoms with Gasteiger partial charge >= 0.3 is 0 Å². The molecule has 3 rings (SSSR count). The van der Waals surface area contributed by atoms with E-state index in [1.54, 1.807) is 18.2 Å². The molecule has 27 heavy (non-hydrogen) atoms. The molecule has 0 aromatic heterocycles. The number of carbonyl (C=O) groups excluding carboxylic acids is 1. The largest absolute Gasteiger partial charge is 0.359 e. The van der Waals surface area contributed by atoms with Crippen LogP contribution < -0.4 is 16.4 Å². The van der Waals surface area contributed by atoms with Gasteiger partial charge in [0, 0.05) is 23.8 Å². The maximum absolute atomic E-state index is 14.9. The van der Waals surface area contributed by atoms with Gasteiger partial charge in [-0.2, -0.15) is 0 Å². The number of carbonyl (C=O) groups is 1. The number of dihydropyridines is 1. The number of nitrogens with two attached hydrogens (primary N) is 1. The molecular formula is C19H21Cl2F2N3O. The van der Waals surface area contributed by atoms with E-state index in [4.69, 9.17) is 28.9 Å². The Morgan fingerprint density at radius 2 is 1.96 bits per heavy atom. The standard InChI is InChI=1S/C19H21Cl2F2N3O/c1-9-4-10(19(27)26-11-2-3-14(20)15(21)6-11)5-16(24)18(23)12-7-17(22)25-8-13(9)12/h2-3,6-10,16-18,25H,4-5,24H2,1H3,(H,26,27)/t9-,10?,16+,17?,18+/m1/s1. The highest BCUT2D eigenvalue weighted by atomic mass is 35.5. The van der Waals surface area contributed by atoms with E-state index in [0.29, 0.717) is 27.7 Å². The number of rotatable bonds is 2. The molecule has 1 aliphatic carbocycles. The van der Waals surface area contributed by atoms with Gasteiger partial charge in [0.15, 0.2) is 6.30 Å². The molecule has 0 saturated heterocycles. The number of nitrogens with one attached hydrogen (secondary N) is 2. The summed E-state index contributed by atoms with van der Waals surface area (Å²) in [5, 5.41) is 6.06. The van der Waals surface area contributed by atoms with Gasteiger partial charge in [-0.25, -0.2) is 8.78 Å². The van der Waals surface area contributed by atoms with Crippen LogP contribution in [-0.4, -0.2) is 24.4 Å². The number of allylic oxidation sites excluding steroid dienone is 1. The molecule has 1 aromatic carbocycles. The van der Waals surface area contributed by atoms with Crippen molar-refractivity contribution in [3.05, 3.63) is 51.7 Å². The summed E-state index contributed by atoms with van der Waals surface area (Å²) in [7, 11) is 0. The topological polar surface area (TPSA) is 67.2 Å². The van der Waals surface area contributed by atoms with Crippen molar-refractivity contribution in [3.8, 4) is 0 Å². The Bertz CT molecular complexity index is 799. The fourth-order valence-electron chi connectivity index (χ4n) is 3.59. The highest BCUT2D eigenvalue weighted by Gasteiger charge is 2.36. The van der Waals surface area contributed by atoms with Crippen LogP contribution in [0.4, 0.5) is 14.5 Å². The first kappa shape index (κ1) is 20.1. The maximum Gasteiger partial charge on any atom is 0.227 e. The van der Waals surface area contributed by atoms with E-state index in [1.165, 1.54) is 12.3 Å². The van der Waals surface area contributed by atoms with Crippen LogP contribution in [0.25, 0.3) is 0 Å². The van der Waals surface area contributed by atoms with Gasteiger partial charge in [0.2, 0.25) is 5.91 Å². The van der Waals surface area contributed by atoms with Crippen LogP contribution in [0, 0.1) is 11.8 Å². The van der Waals surface area contributed by atoms with Gasteiger partial charge in [0.25, 0.3) is 0 Å². The lowest BCUT2D eigenvalue weighted by atomic mass is 9.76. The summed E-state index contributed by atoms with van der Waals surface area (Å²) in [6.45, 7) is 1.89. The summed E-state index contributed by atoms with van der Waals surface area (Å²) < 4.78 is 28.5. The van der Waals surface area contributed by atoms with Gasteiger partial charge in [0.05, 0.1) is 10.0 Å². The smallest absolute Gasteiger partial charge is 0.227 e. The molecule has 0 radical (unpaired) electrons. The second-order valence-electron chi connectivity index (χ2n) is 7.04. The number of hydrogen-bond acceptors (Lipinski definition) is 3. The zero-order valence-electron chi connectivity index (χ0n) is 14.7. The molecule has 2 unspecified atom stereocenters. The molecule has 1 aromatic rings. The minimum atomic E-state index is -1.53. The zero-order chi connectivity index (χ0) is 19.7. The molecule has 2 aliphatic rings. The van der Waals surface area contributed by atoms with E-state index < -0.39 is 24.4 Å². The van der Waals surface area contributed by atoms with E-state index in [0.717, 1.165) is 0 Å². The maximum atomic E-state index is 14.9. The number of fused-ring (bicyclic) bond motifs is 1. The quantitative estimate of drug-likeness (QED) is 0.628. The molecule has 0 bridgehead atoms. The summed E-state index contributed by atoms with van der Waals surface area (Å²) in [4.78, 5) is 12.8. The Morgan fingerprint density at radius 1 is 1.22 bits per heavy atom. The zero-order valence-corrected chi connectivity index (χ0v) is 16.2. The SMILES string of the molecule is C[C@@H]1CC(C(=O)Nc2ccc(Cl)c(Cl)c2)C[C@H](N)[C@@H](F)C2=CC(F)NC=C21. The predicted molar refractivity (Wildman–Crippen MR) is 104 cm³/mol. The van der Waals surface area contributed by atoms with Gasteiger partial charge in [-0.15, -0.1) is 0 Å². The Hall–Kier alpha value is -1.63. The normalized spacial score (nSPS) is 30.8. The fraction of sp³-hybridized carbons (Fsp3) is 0.421. The number of amides is 1. The van der Waals surface area contributed by atoms with Gasteiger partial charge in [-0.1, -0.05) is 30.1 Å². The van der Waals surface area contributed by atoms with E-state index in [9.17, 15) is 13.6 Å². The predicted octanol–water partition coefficient (Wildman–Crippen LogP) is 4.35. The molecule has 1 saturated carbocycles. The number of benzene rings is 1. The van der Waals surface area contributed by atoms with Crippen LogP contribution in [0.15, 0.2) is 41.6 Å². The second kappa shape index (κ2) is 8.17. The first-order valence-electron chi connectivity index (χ1n) is 8.74. The Balaban J connectivity index is 1.79. The fourth-order valence-corrected chi connectivity index (χ4v) is 3.89. The van der Waals surface area contributed by atoms with Crippen molar-refractivity contribution in [2.24, 2.45) is 17.6 Å². The Labute approximate surface area is 166 Å². The highest BCUT2D eigenvalue weighted by Crippen LogP contribution is 2.37. The molecule has 4 nitrogen and oxygen atoms in total. The third-order valence-electron chi connectivity index (χ3n) is 5.01. The van der Waals surface area contributed by atoms with Crippen LogP contribution in [0.1, 0.15) is 19.8 Å². The van der Waals surface area contributed by atoms with Crippen molar-refractivity contribution in [2.45, 2.75) is 38.3 Å². The average Bonchev–Trinajstić information content (AvgIpc) is 2.62. The minimum absolute atomic E-state index is 0.133. The van der Waals surface area contributed by atoms with Crippen molar-refractivity contribution in [3.63, 3.8) is 0 Å². The van der Waals surface area contributed by atoms with Gasteiger partial charge in [-0.3, -0.25) is 4.79 Å². The van der Waals surface area contributed by atoms with E-state index in [-0.39, 0.29) is 23.8 Å². The monoisotopic (exact) mass is 415 g/mol. The molecule has 1 aliphatic heterocycles. The number of hydrogen-bond donors (Lipinski definition) is 3. The lowest BCUT2D eigenvalue weighted by Gasteiger charge is -2.34. The molecule has 8 heteroatoms. The molecule has 0 spiro atoms. The molecule has 146 valence electrons. The van der Waals surface area contributed by atoms with Crippen molar-refractivity contribution in [1.82, 2.24) is 5.32 Å². The van der Waals surface area contributed by atoms with Crippen molar-refractivity contribution < 1.29 is 13.6 Å². The summed E-state index contributed by atoms with van der Waals surface area (Å²) in [5.41, 5.74) is 7.45. The summed E-state index contributed by atoms with van der Waals surface area (Å²) >= 11 is 11.9. The third kappa shape index (κ3) is 4.45. The van der Waals surface area contributed by atoms with Gasteiger partial charge < -0.3 is 16.4 Å². The van der Waals surface area contributed by atoms with E-state index in [2.05, 4.69) is 10.6 Å². The molecule has 1 fully saturated rings. The molecule has 1 amide bonds. The van der Waals surface area contributed by atoms with Crippen molar-refractivity contribution >= 4 is 34.8 Å². The van der Waals surface area contributed by atoms with Crippen molar-refractivity contribution in [1.29, 1.82) is 0 Å². The first-order chi connectivity index (χ1) is 12.8. The third-order valence-corrected chi connectivity index (χ3v) is 5.75. The summed E-state index contributed by atoms with van der Waals surface area (Å²) in [6, 6.07) is 3.89. The molecular weight excluding hydrogens is 395 g/mol. The Morgan fingerprint density at radius 3 is 2.67 bits per heavy atom. The highest BCUT2D eigenvalue weighted by molar-refractivity contribution is 6.42. The van der Waals surface area contributed by atoms with Gasteiger partial charge in [-0.05, 0) is 54.2 Å². The molecule has 5 atom stereocenters. The van der Waals surface area contributed by atoms with Crippen LogP contribution in [0.2, 0.25) is 10.0 Å². The van der Waals surface area contributed by atoms with E-state index >= 15 is 0 Å². The van der Waals surface area contributed by atoms with Crippen molar-refractivity contribution in [2.75, 3.05) is 5.32 Å². The average molecular weight is 416 g/mol. The molecule has 4 N–H and O–H groups in total. The molecule has 1 heterocycles. The Kier molecular flexibility index (Phi) is 6.08. The van der Waals surface area contributed by atoms with Crippen LogP contribution >= 0.6 is 23.2 Å². The first-order valence-corrected chi connectivity index (χ1v) is 9.49. The summed E-state index contributed by atoms with van der Waals surface area (Å²) in [6.07, 6.45) is 0.382. The lowest BCUT2D eigenvalue weighted by molar-refractivity contribution is -0.120. The number of halogens is 4. The van der Waals surface area contributed by atoms with E-state index in [1.807, 2.05) is 6.92 Å². The number of alkyl halides is 2. The second-order valence-corrected chi connectivity index (χ2v) is 7.86. The van der Waals surface area contributed by atoms with Crippen LogP contribution in [0.5, 0.6) is 0 Å². The number of anilines is 1. The van der Waals surface area contributed by atoms with Crippen LogP contribution in [-0.2, 0) is 4.79 Å². The van der Waals surface area contributed by atoms with Gasteiger partial charge in [0.1, 0.15) is 6.17 Å². The lowest BCUT2D eigenvalue weighted by Crippen LogP contribution is -2.42.